The molecule has 1 aromatic carbocycles. The van der Waals surface area contributed by atoms with Crippen LogP contribution in [0.1, 0.15) is 26.2 Å². The van der Waals surface area contributed by atoms with Gasteiger partial charge in [0.05, 0.1) is 10.0 Å². The van der Waals surface area contributed by atoms with Gasteiger partial charge in [-0.1, -0.05) is 58.9 Å². The Balaban J connectivity index is 3.14. The zero-order valence-corrected chi connectivity index (χ0v) is 15.0. The normalized spacial score (nSPS) is 13.1. The Morgan fingerprint density at radius 2 is 1.90 bits per heavy atom. The van der Waals surface area contributed by atoms with E-state index in [-0.39, 0.29) is 21.4 Å². The van der Waals surface area contributed by atoms with Gasteiger partial charge in [-0.25, -0.2) is 8.42 Å². The molecule has 2 N–H and O–H groups in total. The highest BCUT2D eigenvalue weighted by Gasteiger charge is 2.28. The highest BCUT2D eigenvalue weighted by atomic mass is 79.9. The predicted molar refractivity (Wildman–Crippen MR) is 85.4 cm³/mol. The Labute approximate surface area is 141 Å². The molecule has 0 saturated heterocycles. The fraction of sp³-hybridized carbons (Fsp3) is 0.417. The van der Waals surface area contributed by atoms with Crippen LogP contribution in [0.4, 0.5) is 0 Å². The molecule has 9 heteroatoms. The van der Waals surface area contributed by atoms with Crippen molar-refractivity contribution in [1.82, 2.24) is 4.72 Å². The van der Waals surface area contributed by atoms with Crippen LogP contribution in [0.5, 0.6) is 0 Å². The van der Waals surface area contributed by atoms with Crippen LogP contribution in [0.3, 0.4) is 0 Å². The van der Waals surface area contributed by atoms with Gasteiger partial charge in [0.15, 0.2) is 0 Å². The minimum absolute atomic E-state index is 0.0819. The molecule has 0 heterocycles. The molecule has 0 saturated carbocycles. The number of carboxylic acid groups (broad SMARTS) is 1. The lowest BCUT2D eigenvalue weighted by molar-refractivity contribution is -0.139. The summed E-state index contributed by atoms with van der Waals surface area (Å²) >= 11 is 15.0. The minimum Gasteiger partial charge on any atom is -0.480 e. The van der Waals surface area contributed by atoms with Crippen molar-refractivity contribution in [3.63, 3.8) is 0 Å². The van der Waals surface area contributed by atoms with Crippen molar-refractivity contribution in [1.29, 1.82) is 0 Å². The number of sulfonamides is 1. The molecule has 1 atom stereocenters. The molecule has 0 aliphatic rings. The Hall–Kier alpha value is -0.340. The van der Waals surface area contributed by atoms with Crippen LogP contribution >= 0.6 is 39.1 Å². The number of halogens is 3. The first-order chi connectivity index (χ1) is 9.69. The van der Waals surface area contributed by atoms with Crippen molar-refractivity contribution >= 4 is 55.1 Å². The molecule has 0 aliphatic heterocycles. The zero-order valence-electron chi connectivity index (χ0n) is 11.1. The van der Waals surface area contributed by atoms with Crippen LogP contribution in [0.15, 0.2) is 21.5 Å². The fourth-order valence-corrected chi connectivity index (χ4v) is 4.83. The van der Waals surface area contributed by atoms with E-state index in [1.54, 1.807) is 0 Å². The number of unbranched alkanes of at least 4 members (excludes halogenated alkanes) is 1. The third kappa shape index (κ3) is 5.10. The number of rotatable bonds is 7. The lowest BCUT2D eigenvalue weighted by Crippen LogP contribution is -2.40. The molecular weight excluding hydrogens is 405 g/mol. The molecule has 0 amide bonds. The molecule has 0 fully saturated rings. The van der Waals surface area contributed by atoms with Crippen LogP contribution < -0.4 is 4.72 Å². The van der Waals surface area contributed by atoms with Crippen LogP contribution in [-0.2, 0) is 14.8 Å². The topological polar surface area (TPSA) is 83.5 Å². The smallest absolute Gasteiger partial charge is 0.321 e. The Morgan fingerprint density at radius 1 is 1.38 bits per heavy atom. The first-order valence-corrected chi connectivity index (χ1v) is 9.12. The van der Waals surface area contributed by atoms with Crippen molar-refractivity contribution in [3.8, 4) is 0 Å². The van der Waals surface area contributed by atoms with E-state index < -0.39 is 22.0 Å². The van der Waals surface area contributed by atoms with Gasteiger partial charge in [-0.2, -0.15) is 4.72 Å². The van der Waals surface area contributed by atoms with Gasteiger partial charge in [-0.05, 0) is 18.6 Å². The maximum absolute atomic E-state index is 12.3. The molecular formula is C12H14BrCl2NO4S. The van der Waals surface area contributed by atoms with Gasteiger partial charge in [0.2, 0.25) is 10.0 Å². The second-order valence-electron chi connectivity index (χ2n) is 4.35. The maximum Gasteiger partial charge on any atom is 0.321 e. The summed E-state index contributed by atoms with van der Waals surface area (Å²) in [6.07, 6.45) is 1.53. The number of hydrogen-bond donors (Lipinski definition) is 2. The van der Waals surface area contributed by atoms with Crippen LogP contribution in [0, 0.1) is 0 Å². The summed E-state index contributed by atoms with van der Waals surface area (Å²) in [4.78, 5) is 10.8. The molecule has 5 nitrogen and oxygen atoms in total. The second-order valence-corrected chi connectivity index (χ2v) is 7.73. The molecule has 0 unspecified atom stereocenters. The lowest BCUT2D eigenvalue weighted by atomic mass is 10.1. The summed E-state index contributed by atoms with van der Waals surface area (Å²) in [6, 6.07) is 1.54. The van der Waals surface area contributed by atoms with E-state index in [0.29, 0.717) is 10.9 Å². The highest BCUT2D eigenvalue weighted by Crippen LogP contribution is 2.32. The van der Waals surface area contributed by atoms with Gasteiger partial charge < -0.3 is 5.11 Å². The Morgan fingerprint density at radius 3 is 2.33 bits per heavy atom. The number of hydrogen-bond acceptors (Lipinski definition) is 3. The summed E-state index contributed by atoms with van der Waals surface area (Å²) in [6.45, 7) is 1.88. The SMILES string of the molecule is CCCC[C@H](NS(=O)(=O)c1c(Cl)cc(Br)cc1Cl)C(=O)O. The molecule has 0 aromatic heterocycles. The summed E-state index contributed by atoms with van der Waals surface area (Å²) in [5.41, 5.74) is 0. The predicted octanol–water partition coefficient (Wildman–Crippen LogP) is 3.68. The Bertz CT molecular complexity index is 613. The number of carbonyl (C=O) groups is 1. The molecule has 1 aromatic rings. The Kier molecular flexibility index (Phi) is 6.93. The third-order valence-electron chi connectivity index (χ3n) is 2.67. The molecule has 1 rings (SSSR count). The van der Waals surface area contributed by atoms with E-state index in [4.69, 9.17) is 28.3 Å². The van der Waals surface area contributed by atoms with Gasteiger partial charge in [-0.3, -0.25) is 4.79 Å². The number of nitrogens with one attached hydrogen (secondary N) is 1. The van der Waals surface area contributed by atoms with E-state index in [9.17, 15) is 13.2 Å². The van der Waals surface area contributed by atoms with E-state index in [1.807, 2.05) is 6.92 Å². The number of carboxylic acids is 1. The largest absolute Gasteiger partial charge is 0.480 e. The molecule has 0 aliphatic carbocycles. The van der Waals surface area contributed by atoms with Crippen LogP contribution in [0.2, 0.25) is 10.0 Å². The third-order valence-corrected chi connectivity index (χ3v) is 5.52. The van der Waals surface area contributed by atoms with Crippen LogP contribution in [-0.4, -0.2) is 25.5 Å². The van der Waals surface area contributed by atoms with Gasteiger partial charge >= 0.3 is 5.97 Å². The van der Waals surface area contributed by atoms with Crippen LogP contribution in [0.25, 0.3) is 0 Å². The molecule has 21 heavy (non-hydrogen) atoms. The first kappa shape index (κ1) is 18.7. The monoisotopic (exact) mass is 417 g/mol. The zero-order chi connectivity index (χ0) is 16.2. The van der Waals surface area contributed by atoms with Crippen molar-refractivity contribution in [3.05, 3.63) is 26.7 Å². The number of aliphatic carboxylic acids is 1. The summed E-state index contributed by atoms with van der Waals surface area (Å²) in [5.74, 6) is -1.24. The second kappa shape index (κ2) is 7.78. The highest BCUT2D eigenvalue weighted by molar-refractivity contribution is 9.10. The first-order valence-electron chi connectivity index (χ1n) is 6.08. The average Bonchev–Trinajstić information content (AvgIpc) is 2.32. The lowest BCUT2D eigenvalue weighted by Gasteiger charge is -2.16. The molecule has 0 radical (unpaired) electrons. The van der Waals surface area contributed by atoms with Crippen molar-refractivity contribution in [2.24, 2.45) is 0 Å². The summed E-state index contributed by atoms with van der Waals surface area (Å²) in [5, 5.41) is 8.93. The quantitative estimate of drug-likeness (QED) is 0.707. The van der Waals surface area contributed by atoms with Gasteiger partial charge in [0, 0.05) is 4.47 Å². The minimum atomic E-state index is -4.13. The molecule has 0 bridgehead atoms. The van der Waals surface area contributed by atoms with Crippen molar-refractivity contribution < 1.29 is 18.3 Å². The fourth-order valence-electron chi connectivity index (χ4n) is 1.67. The van der Waals surface area contributed by atoms with E-state index in [0.717, 1.165) is 6.42 Å². The van der Waals surface area contributed by atoms with E-state index in [1.165, 1.54) is 12.1 Å². The van der Waals surface area contributed by atoms with Gasteiger partial charge in [0.1, 0.15) is 10.9 Å². The summed E-state index contributed by atoms with van der Waals surface area (Å²) in [7, 11) is -4.13. The van der Waals surface area contributed by atoms with Crippen molar-refractivity contribution in [2.75, 3.05) is 0 Å². The molecule has 118 valence electrons. The van der Waals surface area contributed by atoms with E-state index in [2.05, 4.69) is 20.7 Å². The number of benzene rings is 1. The van der Waals surface area contributed by atoms with E-state index >= 15 is 0 Å². The maximum atomic E-state index is 12.3. The molecule has 0 spiro atoms. The average molecular weight is 419 g/mol. The van der Waals surface area contributed by atoms with Gasteiger partial charge in [-0.15, -0.1) is 0 Å². The standard InChI is InChI=1S/C12H14BrCl2NO4S/c1-2-3-4-10(12(17)18)16-21(19,20)11-8(14)5-7(13)6-9(11)15/h5-6,10,16H,2-4H2,1H3,(H,17,18)/t10-/m0/s1. The summed E-state index contributed by atoms with van der Waals surface area (Å²) < 4.78 is 27.3. The van der Waals surface area contributed by atoms with Crippen molar-refractivity contribution in [2.45, 2.75) is 37.1 Å². The van der Waals surface area contributed by atoms with Gasteiger partial charge in [0.25, 0.3) is 0 Å².